The number of hydrogen-bond acceptors (Lipinski definition) is 7. The lowest BCUT2D eigenvalue weighted by atomic mass is 10.1. The standard InChI is InChI=1S/C18H18N2O6/c1-24-16(21)14-6-4-5-11-20(15(14)17(22)25-2)13-9-7-12(8-10-13)19-18(23)26-3/h4-11H,1-3H3,(H,19,23). The predicted octanol–water partition coefficient (Wildman–Crippen LogP) is 2.35. The highest BCUT2D eigenvalue weighted by Crippen LogP contribution is 2.27. The molecule has 1 amide bonds. The summed E-state index contributed by atoms with van der Waals surface area (Å²) >= 11 is 0. The van der Waals surface area contributed by atoms with Gasteiger partial charge < -0.3 is 19.1 Å². The normalized spacial score (nSPS) is 13.1. The highest BCUT2D eigenvalue weighted by atomic mass is 16.5. The molecular formula is C18H18N2O6. The van der Waals surface area contributed by atoms with E-state index >= 15 is 0 Å². The van der Waals surface area contributed by atoms with Gasteiger partial charge in [-0.1, -0.05) is 6.08 Å². The summed E-state index contributed by atoms with van der Waals surface area (Å²) < 4.78 is 14.1. The average Bonchev–Trinajstić information content (AvgIpc) is 2.90. The van der Waals surface area contributed by atoms with Crippen LogP contribution in [0.4, 0.5) is 16.2 Å². The Morgan fingerprint density at radius 1 is 0.885 bits per heavy atom. The summed E-state index contributed by atoms with van der Waals surface area (Å²) in [6, 6.07) is 6.59. The van der Waals surface area contributed by atoms with E-state index in [-0.39, 0.29) is 11.3 Å². The van der Waals surface area contributed by atoms with Crippen molar-refractivity contribution in [1.29, 1.82) is 0 Å². The summed E-state index contributed by atoms with van der Waals surface area (Å²) in [6.07, 6.45) is 5.77. The molecule has 1 aliphatic rings. The van der Waals surface area contributed by atoms with Crippen molar-refractivity contribution in [2.45, 2.75) is 0 Å². The van der Waals surface area contributed by atoms with Crippen molar-refractivity contribution in [2.24, 2.45) is 0 Å². The van der Waals surface area contributed by atoms with Crippen LogP contribution in [0.3, 0.4) is 0 Å². The molecular weight excluding hydrogens is 340 g/mol. The first-order valence-electron chi connectivity index (χ1n) is 7.51. The molecule has 0 radical (unpaired) electrons. The molecule has 0 aliphatic carbocycles. The number of anilines is 2. The van der Waals surface area contributed by atoms with E-state index in [1.807, 2.05) is 0 Å². The van der Waals surface area contributed by atoms with Gasteiger partial charge in [-0.15, -0.1) is 0 Å². The lowest BCUT2D eigenvalue weighted by Crippen LogP contribution is -2.26. The lowest BCUT2D eigenvalue weighted by Gasteiger charge is -2.23. The third-order valence-corrected chi connectivity index (χ3v) is 3.47. The molecule has 1 N–H and O–H groups in total. The highest BCUT2D eigenvalue weighted by Gasteiger charge is 2.27. The molecule has 136 valence electrons. The van der Waals surface area contributed by atoms with E-state index in [1.165, 1.54) is 32.3 Å². The maximum Gasteiger partial charge on any atom is 0.411 e. The Hall–Kier alpha value is -3.55. The van der Waals surface area contributed by atoms with Gasteiger partial charge >= 0.3 is 18.0 Å². The summed E-state index contributed by atoms with van der Waals surface area (Å²) in [5.41, 5.74) is 1.15. The van der Waals surface area contributed by atoms with Crippen LogP contribution in [-0.2, 0) is 23.8 Å². The minimum absolute atomic E-state index is 0.0121. The number of allylic oxidation sites excluding steroid dienone is 2. The summed E-state index contributed by atoms with van der Waals surface area (Å²) in [7, 11) is 3.72. The smallest absolute Gasteiger partial charge is 0.411 e. The second-order valence-corrected chi connectivity index (χ2v) is 4.98. The second-order valence-electron chi connectivity index (χ2n) is 4.98. The third kappa shape index (κ3) is 4.10. The second kappa shape index (κ2) is 8.52. The van der Waals surface area contributed by atoms with Crippen molar-refractivity contribution >= 4 is 29.4 Å². The van der Waals surface area contributed by atoms with Crippen LogP contribution < -0.4 is 10.2 Å². The maximum atomic E-state index is 12.3. The SMILES string of the molecule is COC(=O)Nc1ccc(N2C=CC=CC(C(=O)OC)=C2C(=O)OC)cc1. The van der Waals surface area contributed by atoms with Crippen LogP contribution in [0, 0.1) is 0 Å². The van der Waals surface area contributed by atoms with Crippen molar-refractivity contribution < 1.29 is 28.6 Å². The number of esters is 2. The molecule has 0 aromatic heterocycles. The van der Waals surface area contributed by atoms with Gasteiger partial charge in [0.15, 0.2) is 0 Å². The molecule has 0 atom stereocenters. The zero-order chi connectivity index (χ0) is 19.1. The minimum Gasteiger partial charge on any atom is -0.465 e. The fraction of sp³-hybridized carbons (Fsp3) is 0.167. The number of carbonyl (C=O) groups is 3. The highest BCUT2D eigenvalue weighted by molar-refractivity contribution is 6.05. The molecule has 8 heteroatoms. The van der Waals surface area contributed by atoms with Crippen LogP contribution in [0.25, 0.3) is 0 Å². The monoisotopic (exact) mass is 358 g/mol. The number of hydrogen-bond donors (Lipinski definition) is 1. The van der Waals surface area contributed by atoms with Crippen LogP contribution in [-0.4, -0.2) is 39.4 Å². The van der Waals surface area contributed by atoms with E-state index in [0.29, 0.717) is 11.4 Å². The average molecular weight is 358 g/mol. The Kier molecular flexibility index (Phi) is 6.15. The van der Waals surface area contributed by atoms with Gasteiger partial charge in [0, 0.05) is 17.6 Å². The van der Waals surface area contributed by atoms with E-state index < -0.39 is 18.0 Å². The zero-order valence-electron chi connectivity index (χ0n) is 14.5. The first-order chi connectivity index (χ1) is 12.5. The van der Waals surface area contributed by atoms with Crippen molar-refractivity contribution in [3.05, 3.63) is 60.0 Å². The summed E-state index contributed by atoms with van der Waals surface area (Å²) in [4.78, 5) is 37.2. The fourth-order valence-electron chi connectivity index (χ4n) is 2.24. The van der Waals surface area contributed by atoms with E-state index in [1.54, 1.807) is 42.6 Å². The van der Waals surface area contributed by atoms with Gasteiger partial charge in [0.05, 0.1) is 26.9 Å². The zero-order valence-corrected chi connectivity index (χ0v) is 14.5. The molecule has 1 heterocycles. The molecule has 2 rings (SSSR count). The van der Waals surface area contributed by atoms with E-state index in [2.05, 4.69) is 10.1 Å². The number of amides is 1. The van der Waals surface area contributed by atoms with Crippen LogP contribution in [0.1, 0.15) is 0 Å². The number of ether oxygens (including phenoxy) is 3. The van der Waals surface area contributed by atoms with Crippen LogP contribution >= 0.6 is 0 Å². The number of nitrogens with zero attached hydrogens (tertiary/aromatic N) is 1. The minimum atomic E-state index is -0.696. The Morgan fingerprint density at radius 2 is 1.54 bits per heavy atom. The topological polar surface area (TPSA) is 94.2 Å². The summed E-state index contributed by atoms with van der Waals surface area (Å²) in [5, 5.41) is 2.53. The van der Waals surface area contributed by atoms with Gasteiger partial charge in [0.2, 0.25) is 0 Å². The molecule has 0 spiro atoms. The molecule has 0 saturated heterocycles. The summed E-state index contributed by atoms with van der Waals surface area (Å²) in [5.74, 6) is -1.36. The molecule has 1 aromatic rings. The van der Waals surface area contributed by atoms with Gasteiger partial charge in [0.1, 0.15) is 5.70 Å². The maximum absolute atomic E-state index is 12.3. The molecule has 1 aromatic carbocycles. The van der Waals surface area contributed by atoms with E-state index in [0.717, 1.165) is 0 Å². The van der Waals surface area contributed by atoms with Crippen molar-refractivity contribution in [3.63, 3.8) is 0 Å². The first-order valence-corrected chi connectivity index (χ1v) is 7.51. The van der Waals surface area contributed by atoms with Crippen LogP contribution in [0.5, 0.6) is 0 Å². The molecule has 0 bridgehead atoms. The first kappa shape index (κ1) is 18.8. The third-order valence-electron chi connectivity index (χ3n) is 3.47. The molecule has 1 aliphatic heterocycles. The van der Waals surface area contributed by atoms with Crippen molar-refractivity contribution in [1.82, 2.24) is 0 Å². The van der Waals surface area contributed by atoms with Crippen molar-refractivity contribution in [2.75, 3.05) is 31.5 Å². The molecule has 8 nitrogen and oxygen atoms in total. The van der Waals surface area contributed by atoms with Gasteiger partial charge in [0.25, 0.3) is 0 Å². The molecule has 0 unspecified atom stereocenters. The Morgan fingerprint density at radius 3 is 2.12 bits per heavy atom. The quantitative estimate of drug-likeness (QED) is 0.652. The molecule has 0 fully saturated rings. The van der Waals surface area contributed by atoms with Crippen LogP contribution in [0.2, 0.25) is 0 Å². The number of rotatable bonds is 4. The van der Waals surface area contributed by atoms with E-state index in [9.17, 15) is 14.4 Å². The van der Waals surface area contributed by atoms with Gasteiger partial charge in [-0.05, 0) is 36.4 Å². The largest absolute Gasteiger partial charge is 0.465 e. The van der Waals surface area contributed by atoms with Gasteiger partial charge in [-0.3, -0.25) is 5.32 Å². The summed E-state index contributed by atoms with van der Waals surface area (Å²) in [6.45, 7) is 0. The number of methoxy groups -OCH3 is 3. The Balaban J connectivity index is 2.46. The van der Waals surface area contributed by atoms with Crippen LogP contribution in [0.15, 0.2) is 60.0 Å². The van der Waals surface area contributed by atoms with E-state index in [4.69, 9.17) is 9.47 Å². The predicted molar refractivity (Wildman–Crippen MR) is 94.3 cm³/mol. The number of nitrogens with one attached hydrogen (secondary N) is 1. The number of carbonyl (C=O) groups excluding carboxylic acids is 3. The molecule has 0 saturated carbocycles. The van der Waals surface area contributed by atoms with Gasteiger partial charge in [-0.25, -0.2) is 14.4 Å². The fourth-order valence-corrected chi connectivity index (χ4v) is 2.24. The Labute approximate surface area is 150 Å². The molecule has 26 heavy (non-hydrogen) atoms. The van der Waals surface area contributed by atoms with Gasteiger partial charge in [-0.2, -0.15) is 0 Å². The number of benzene rings is 1. The van der Waals surface area contributed by atoms with Crippen molar-refractivity contribution in [3.8, 4) is 0 Å². The lowest BCUT2D eigenvalue weighted by molar-refractivity contribution is -0.139. The Bertz CT molecular complexity index is 792.